The predicted molar refractivity (Wildman–Crippen MR) is 118 cm³/mol. The van der Waals surface area contributed by atoms with E-state index < -0.39 is 5.82 Å². The Morgan fingerprint density at radius 3 is 2.50 bits per heavy atom. The van der Waals surface area contributed by atoms with Gasteiger partial charge in [0.25, 0.3) is 0 Å². The summed E-state index contributed by atoms with van der Waals surface area (Å²) in [5.41, 5.74) is 5.64. The molecule has 0 spiro atoms. The van der Waals surface area contributed by atoms with Crippen LogP contribution in [0, 0.1) is 12.7 Å². The number of aryl methyl sites for hydroxylation is 1. The SMILES string of the molecule is Cc1ccncc1-c1ncc2[nH]nc(-c3nc4c(-c5ccncc5)nccc4[nH]3)c2c1F. The van der Waals surface area contributed by atoms with Crippen molar-refractivity contribution in [2.45, 2.75) is 6.92 Å². The van der Waals surface area contributed by atoms with Crippen LogP contribution in [0.3, 0.4) is 0 Å². The molecule has 0 atom stereocenters. The molecule has 0 aliphatic rings. The fourth-order valence-corrected chi connectivity index (χ4v) is 3.81. The van der Waals surface area contributed by atoms with Gasteiger partial charge in [0.1, 0.15) is 16.9 Å². The summed E-state index contributed by atoms with van der Waals surface area (Å²) in [6.07, 6.45) is 9.96. The predicted octanol–water partition coefficient (Wildman–Crippen LogP) is 4.47. The maximum atomic E-state index is 15.7. The molecule has 0 unspecified atom stereocenters. The Morgan fingerprint density at radius 1 is 0.812 bits per heavy atom. The molecule has 8 nitrogen and oxygen atoms in total. The summed E-state index contributed by atoms with van der Waals surface area (Å²) in [7, 11) is 0. The minimum absolute atomic E-state index is 0.223. The fourth-order valence-electron chi connectivity index (χ4n) is 3.81. The zero-order chi connectivity index (χ0) is 21.7. The van der Waals surface area contributed by atoms with E-state index >= 15 is 4.39 Å². The van der Waals surface area contributed by atoms with Gasteiger partial charge in [-0.1, -0.05) is 0 Å². The minimum Gasteiger partial charge on any atom is -0.336 e. The third-order valence-electron chi connectivity index (χ3n) is 5.42. The number of pyridine rings is 4. The van der Waals surface area contributed by atoms with Gasteiger partial charge in [-0.05, 0) is 36.8 Å². The average molecular weight is 422 g/mol. The van der Waals surface area contributed by atoms with Crippen molar-refractivity contribution in [3.05, 3.63) is 72.8 Å². The van der Waals surface area contributed by atoms with E-state index in [1.54, 1.807) is 37.2 Å². The number of nitrogens with one attached hydrogen (secondary N) is 2. The van der Waals surface area contributed by atoms with Gasteiger partial charge in [0.15, 0.2) is 11.6 Å². The zero-order valence-electron chi connectivity index (χ0n) is 16.8. The van der Waals surface area contributed by atoms with Crippen LogP contribution >= 0.6 is 0 Å². The van der Waals surface area contributed by atoms with E-state index in [0.29, 0.717) is 39.2 Å². The zero-order valence-corrected chi connectivity index (χ0v) is 16.8. The highest BCUT2D eigenvalue weighted by molar-refractivity contribution is 5.97. The number of hydrogen-bond acceptors (Lipinski definition) is 6. The lowest BCUT2D eigenvalue weighted by molar-refractivity contribution is 0.638. The maximum Gasteiger partial charge on any atom is 0.161 e. The topological polar surface area (TPSA) is 109 Å². The second-order valence-electron chi connectivity index (χ2n) is 7.35. The molecule has 0 aliphatic carbocycles. The monoisotopic (exact) mass is 422 g/mol. The van der Waals surface area contributed by atoms with Gasteiger partial charge in [-0.25, -0.2) is 9.37 Å². The summed E-state index contributed by atoms with van der Waals surface area (Å²) in [4.78, 5) is 24.9. The van der Waals surface area contributed by atoms with Gasteiger partial charge in [-0.15, -0.1) is 0 Å². The molecule has 0 bridgehead atoms. The van der Waals surface area contributed by atoms with E-state index in [-0.39, 0.29) is 5.69 Å². The lowest BCUT2D eigenvalue weighted by atomic mass is 10.1. The van der Waals surface area contributed by atoms with E-state index in [9.17, 15) is 0 Å². The third kappa shape index (κ3) is 2.75. The summed E-state index contributed by atoms with van der Waals surface area (Å²) in [6.45, 7) is 1.89. The highest BCUT2D eigenvalue weighted by Crippen LogP contribution is 2.34. The molecule has 32 heavy (non-hydrogen) atoms. The number of hydrogen-bond donors (Lipinski definition) is 2. The van der Waals surface area contributed by atoms with Crippen LogP contribution in [0.4, 0.5) is 4.39 Å². The number of halogens is 1. The van der Waals surface area contributed by atoms with Crippen molar-refractivity contribution >= 4 is 21.9 Å². The number of aromatic nitrogens is 8. The van der Waals surface area contributed by atoms with Crippen LogP contribution in [0.5, 0.6) is 0 Å². The standard InChI is InChI=1S/C23H15FN8/c1-12-2-6-26-10-14(12)20-18(24)17-16(11-28-20)31-32-22(17)23-29-15-5-9-27-19(21(15)30-23)13-3-7-25-8-4-13/h2-11H,1H3,(H,29,30)(H,31,32). The lowest BCUT2D eigenvalue weighted by Crippen LogP contribution is -1.94. The average Bonchev–Trinajstić information content (AvgIpc) is 3.45. The van der Waals surface area contributed by atoms with Crippen molar-refractivity contribution in [3.63, 3.8) is 0 Å². The number of rotatable bonds is 3. The normalized spacial score (nSPS) is 11.4. The van der Waals surface area contributed by atoms with Crippen molar-refractivity contribution in [2.24, 2.45) is 0 Å². The molecule has 6 heterocycles. The summed E-state index contributed by atoms with van der Waals surface area (Å²) in [6, 6.07) is 7.39. The van der Waals surface area contributed by atoms with Gasteiger partial charge in [0.2, 0.25) is 0 Å². The van der Waals surface area contributed by atoms with Crippen molar-refractivity contribution in [1.29, 1.82) is 0 Å². The Hall–Kier alpha value is -4.53. The van der Waals surface area contributed by atoms with Gasteiger partial charge in [0, 0.05) is 42.1 Å². The Bertz CT molecular complexity index is 1600. The molecule has 0 saturated heterocycles. The number of nitrogens with zero attached hydrogens (tertiary/aromatic N) is 6. The largest absolute Gasteiger partial charge is 0.336 e. The molecule has 0 fully saturated rings. The summed E-state index contributed by atoms with van der Waals surface area (Å²) < 4.78 is 15.7. The second-order valence-corrected chi connectivity index (χ2v) is 7.35. The number of H-pyrrole nitrogens is 2. The second kappa shape index (κ2) is 7.02. The molecule has 0 saturated carbocycles. The first-order valence-corrected chi connectivity index (χ1v) is 9.90. The van der Waals surface area contributed by atoms with Gasteiger partial charge >= 0.3 is 0 Å². The van der Waals surface area contributed by atoms with Crippen LogP contribution < -0.4 is 0 Å². The summed E-state index contributed by atoms with van der Waals surface area (Å²) in [5, 5.41) is 7.51. The molecule has 0 aliphatic heterocycles. The Morgan fingerprint density at radius 2 is 1.66 bits per heavy atom. The van der Waals surface area contributed by atoms with E-state index in [1.165, 1.54) is 0 Å². The van der Waals surface area contributed by atoms with Crippen LogP contribution in [0.1, 0.15) is 5.56 Å². The van der Waals surface area contributed by atoms with Gasteiger partial charge in [-0.2, -0.15) is 5.10 Å². The molecular weight excluding hydrogens is 407 g/mol. The molecule has 6 aromatic heterocycles. The van der Waals surface area contributed by atoms with Crippen molar-refractivity contribution in [2.75, 3.05) is 0 Å². The summed E-state index contributed by atoms with van der Waals surface area (Å²) in [5.74, 6) is -0.0381. The first-order chi connectivity index (χ1) is 15.7. The van der Waals surface area contributed by atoms with E-state index in [1.807, 2.05) is 31.2 Å². The van der Waals surface area contributed by atoms with Crippen LogP contribution in [-0.4, -0.2) is 40.1 Å². The molecule has 154 valence electrons. The third-order valence-corrected chi connectivity index (χ3v) is 5.42. The molecule has 9 heteroatoms. The Balaban J connectivity index is 1.56. The van der Waals surface area contributed by atoms with Crippen molar-refractivity contribution < 1.29 is 4.39 Å². The maximum absolute atomic E-state index is 15.7. The molecule has 0 radical (unpaired) electrons. The molecule has 0 amide bonds. The van der Waals surface area contributed by atoms with Crippen LogP contribution in [0.2, 0.25) is 0 Å². The first-order valence-electron chi connectivity index (χ1n) is 9.90. The van der Waals surface area contributed by atoms with Crippen LogP contribution in [0.15, 0.2) is 61.4 Å². The van der Waals surface area contributed by atoms with E-state index in [0.717, 1.165) is 16.6 Å². The molecule has 6 aromatic rings. The molecule has 6 rings (SSSR count). The van der Waals surface area contributed by atoms with Gasteiger partial charge < -0.3 is 4.98 Å². The van der Waals surface area contributed by atoms with Gasteiger partial charge in [-0.3, -0.25) is 25.0 Å². The number of fused-ring (bicyclic) bond motifs is 2. The van der Waals surface area contributed by atoms with Crippen molar-refractivity contribution in [1.82, 2.24) is 40.1 Å². The highest BCUT2D eigenvalue weighted by atomic mass is 19.1. The van der Waals surface area contributed by atoms with Crippen LogP contribution in [-0.2, 0) is 0 Å². The van der Waals surface area contributed by atoms with Gasteiger partial charge in [0.05, 0.1) is 28.3 Å². The van der Waals surface area contributed by atoms with E-state index in [2.05, 4.69) is 35.1 Å². The lowest BCUT2D eigenvalue weighted by Gasteiger charge is -2.06. The van der Waals surface area contributed by atoms with E-state index in [4.69, 9.17) is 4.98 Å². The highest BCUT2D eigenvalue weighted by Gasteiger charge is 2.21. The first kappa shape index (κ1) is 18.3. The smallest absolute Gasteiger partial charge is 0.161 e. The van der Waals surface area contributed by atoms with Crippen molar-refractivity contribution in [3.8, 4) is 34.0 Å². The minimum atomic E-state index is -0.477. The van der Waals surface area contributed by atoms with Crippen LogP contribution in [0.25, 0.3) is 56.0 Å². The summed E-state index contributed by atoms with van der Waals surface area (Å²) >= 11 is 0. The molecule has 2 N–H and O–H groups in total. The number of aromatic amines is 2. The fraction of sp³-hybridized carbons (Fsp3) is 0.0435. The quantitative estimate of drug-likeness (QED) is 0.436. The Labute approximate surface area is 180 Å². The molecule has 0 aromatic carbocycles. The number of imidazole rings is 1. The molecular formula is C23H15FN8. The Kier molecular flexibility index (Phi) is 4.00.